The van der Waals surface area contributed by atoms with Crippen LogP contribution in [0, 0.1) is 0 Å². The number of rotatable bonds is 6. The molecule has 0 bridgehead atoms. The van der Waals surface area contributed by atoms with E-state index in [-0.39, 0.29) is 0 Å². The van der Waals surface area contributed by atoms with Gasteiger partial charge >= 0.3 is 0 Å². The van der Waals surface area contributed by atoms with E-state index < -0.39 is 0 Å². The second-order valence-electron chi connectivity index (χ2n) is 3.87. The zero-order chi connectivity index (χ0) is 9.36. The number of unbranched alkanes of at least 4 members (excludes halogenated alkanes) is 4. The number of hydrogen-bond acceptors (Lipinski definition) is 2. The Bertz CT molecular complexity index is 111. The highest BCUT2D eigenvalue weighted by Crippen LogP contribution is 2.05. The molecule has 1 rings (SSSR count). The van der Waals surface area contributed by atoms with Crippen LogP contribution in [-0.2, 0) is 4.74 Å². The average molecular weight is 185 g/mol. The molecular weight excluding hydrogens is 162 g/mol. The summed E-state index contributed by atoms with van der Waals surface area (Å²) in [6.45, 7) is 7.72. The van der Waals surface area contributed by atoms with Crippen LogP contribution < -0.4 is 0 Å². The van der Waals surface area contributed by atoms with E-state index in [9.17, 15) is 0 Å². The predicted octanol–water partition coefficient (Wildman–Crippen LogP) is 2.29. The predicted molar refractivity (Wildman–Crippen MR) is 56.0 cm³/mol. The topological polar surface area (TPSA) is 12.5 Å². The van der Waals surface area contributed by atoms with Crippen LogP contribution in [0.3, 0.4) is 0 Å². The summed E-state index contributed by atoms with van der Waals surface area (Å²) in [5.74, 6) is 0. The average Bonchev–Trinajstić information content (AvgIpc) is 2.19. The molecule has 1 saturated heterocycles. The van der Waals surface area contributed by atoms with Crippen molar-refractivity contribution in [1.29, 1.82) is 0 Å². The van der Waals surface area contributed by atoms with Crippen molar-refractivity contribution in [2.24, 2.45) is 0 Å². The summed E-state index contributed by atoms with van der Waals surface area (Å²) in [6, 6.07) is 0. The van der Waals surface area contributed by atoms with Gasteiger partial charge in [-0.3, -0.25) is 4.90 Å². The second kappa shape index (κ2) is 7.34. The first kappa shape index (κ1) is 11.0. The van der Waals surface area contributed by atoms with Crippen molar-refractivity contribution in [2.45, 2.75) is 39.0 Å². The molecule has 13 heavy (non-hydrogen) atoms. The lowest BCUT2D eigenvalue weighted by atomic mass is 10.1. The Labute approximate surface area is 82.3 Å². The Hall–Kier alpha value is -0.0800. The number of morpholine rings is 1. The van der Waals surface area contributed by atoms with E-state index in [1.165, 1.54) is 38.6 Å². The van der Waals surface area contributed by atoms with Crippen LogP contribution in [-0.4, -0.2) is 37.7 Å². The standard InChI is InChI=1S/C11H23NO/c1-2-3-4-5-6-7-12-8-10-13-11-9-12/h2-11H2,1H3. The van der Waals surface area contributed by atoms with Gasteiger partial charge in [-0.15, -0.1) is 0 Å². The Balaban J connectivity index is 1.86. The minimum atomic E-state index is 0.939. The van der Waals surface area contributed by atoms with Crippen LogP contribution in [0.25, 0.3) is 0 Å². The van der Waals surface area contributed by atoms with Crippen molar-refractivity contribution >= 4 is 0 Å². The van der Waals surface area contributed by atoms with E-state index in [1.54, 1.807) is 0 Å². The number of nitrogens with zero attached hydrogens (tertiary/aromatic N) is 1. The third-order valence-corrected chi connectivity index (χ3v) is 2.68. The zero-order valence-corrected chi connectivity index (χ0v) is 8.93. The molecule has 0 radical (unpaired) electrons. The van der Waals surface area contributed by atoms with E-state index in [1.807, 2.05) is 0 Å². The van der Waals surface area contributed by atoms with Gasteiger partial charge in [0.15, 0.2) is 0 Å². The fraction of sp³-hybridized carbons (Fsp3) is 1.00. The van der Waals surface area contributed by atoms with Gasteiger partial charge in [-0.05, 0) is 13.0 Å². The van der Waals surface area contributed by atoms with Crippen molar-refractivity contribution in [1.82, 2.24) is 4.90 Å². The van der Waals surface area contributed by atoms with Gasteiger partial charge < -0.3 is 4.74 Å². The van der Waals surface area contributed by atoms with E-state index in [0.29, 0.717) is 0 Å². The van der Waals surface area contributed by atoms with Crippen LogP contribution in [0.1, 0.15) is 39.0 Å². The molecule has 2 heteroatoms. The van der Waals surface area contributed by atoms with Crippen LogP contribution in [0.5, 0.6) is 0 Å². The maximum Gasteiger partial charge on any atom is 0.0594 e. The molecule has 78 valence electrons. The lowest BCUT2D eigenvalue weighted by molar-refractivity contribution is 0.0371. The fourth-order valence-corrected chi connectivity index (χ4v) is 1.76. The molecule has 0 unspecified atom stereocenters. The molecule has 0 aromatic heterocycles. The van der Waals surface area contributed by atoms with Crippen LogP contribution in [0.4, 0.5) is 0 Å². The lowest BCUT2D eigenvalue weighted by Crippen LogP contribution is -2.36. The lowest BCUT2D eigenvalue weighted by Gasteiger charge is -2.26. The molecule has 0 N–H and O–H groups in total. The van der Waals surface area contributed by atoms with Crippen molar-refractivity contribution in [2.75, 3.05) is 32.8 Å². The molecule has 0 aromatic carbocycles. The monoisotopic (exact) mass is 185 g/mol. The Morgan fingerprint density at radius 1 is 1.00 bits per heavy atom. The van der Waals surface area contributed by atoms with Gasteiger partial charge in [-0.2, -0.15) is 0 Å². The SMILES string of the molecule is CCCCCCCN1CCOCC1. The summed E-state index contributed by atoms with van der Waals surface area (Å²) in [5, 5.41) is 0. The Kier molecular flexibility index (Phi) is 6.21. The molecule has 1 aliphatic rings. The fourth-order valence-electron chi connectivity index (χ4n) is 1.76. The molecule has 0 atom stereocenters. The summed E-state index contributed by atoms with van der Waals surface area (Å²) in [4.78, 5) is 2.52. The van der Waals surface area contributed by atoms with Gasteiger partial charge in [-0.25, -0.2) is 0 Å². The van der Waals surface area contributed by atoms with Gasteiger partial charge in [0.2, 0.25) is 0 Å². The third kappa shape index (κ3) is 5.27. The van der Waals surface area contributed by atoms with Gasteiger partial charge in [-0.1, -0.05) is 32.6 Å². The molecule has 0 spiro atoms. The van der Waals surface area contributed by atoms with Gasteiger partial charge in [0.1, 0.15) is 0 Å². The Morgan fingerprint density at radius 2 is 1.69 bits per heavy atom. The molecule has 0 saturated carbocycles. The van der Waals surface area contributed by atoms with Gasteiger partial charge in [0.25, 0.3) is 0 Å². The van der Waals surface area contributed by atoms with E-state index >= 15 is 0 Å². The number of hydrogen-bond donors (Lipinski definition) is 0. The molecular formula is C11H23NO. The van der Waals surface area contributed by atoms with Crippen LogP contribution >= 0.6 is 0 Å². The second-order valence-corrected chi connectivity index (χ2v) is 3.87. The maximum absolute atomic E-state index is 5.30. The maximum atomic E-state index is 5.30. The molecule has 0 aliphatic carbocycles. The highest BCUT2D eigenvalue weighted by Gasteiger charge is 2.08. The normalized spacial score (nSPS) is 19.2. The van der Waals surface area contributed by atoms with Crippen LogP contribution in [0.15, 0.2) is 0 Å². The van der Waals surface area contributed by atoms with Crippen molar-refractivity contribution in [3.8, 4) is 0 Å². The molecule has 1 heterocycles. The quantitative estimate of drug-likeness (QED) is 0.589. The molecule has 0 amide bonds. The first-order chi connectivity index (χ1) is 6.43. The van der Waals surface area contributed by atoms with Crippen molar-refractivity contribution in [3.05, 3.63) is 0 Å². The summed E-state index contributed by atoms with van der Waals surface area (Å²) in [5.41, 5.74) is 0. The third-order valence-electron chi connectivity index (χ3n) is 2.68. The first-order valence-electron chi connectivity index (χ1n) is 5.73. The summed E-state index contributed by atoms with van der Waals surface area (Å²) in [6.07, 6.45) is 6.95. The Morgan fingerprint density at radius 3 is 2.38 bits per heavy atom. The van der Waals surface area contributed by atoms with Crippen molar-refractivity contribution in [3.63, 3.8) is 0 Å². The van der Waals surface area contributed by atoms with E-state index in [2.05, 4.69) is 11.8 Å². The zero-order valence-electron chi connectivity index (χ0n) is 8.93. The number of ether oxygens (including phenoxy) is 1. The van der Waals surface area contributed by atoms with Crippen molar-refractivity contribution < 1.29 is 4.74 Å². The molecule has 1 fully saturated rings. The molecule has 2 nitrogen and oxygen atoms in total. The molecule has 1 aliphatic heterocycles. The molecule has 0 aromatic rings. The summed E-state index contributed by atoms with van der Waals surface area (Å²) >= 11 is 0. The van der Waals surface area contributed by atoms with Gasteiger partial charge in [0.05, 0.1) is 13.2 Å². The van der Waals surface area contributed by atoms with E-state index in [0.717, 1.165) is 26.3 Å². The summed E-state index contributed by atoms with van der Waals surface area (Å²) < 4.78 is 5.30. The first-order valence-corrected chi connectivity index (χ1v) is 5.73. The largest absolute Gasteiger partial charge is 0.379 e. The van der Waals surface area contributed by atoms with E-state index in [4.69, 9.17) is 4.74 Å². The minimum Gasteiger partial charge on any atom is -0.379 e. The highest BCUT2D eigenvalue weighted by atomic mass is 16.5. The highest BCUT2D eigenvalue weighted by molar-refractivity contribution is 4.61. The van der Waals surface area contributed by atoms with Gasteiger partial charge in [0, 0.05) is 13.1 Å². The summed E-state index contributed by atoms with van der Waals surface area (Å²) in [7, 11) is 0. The minimum absolute atomic E-state index is 0.939. The van der Waals surface area contributed by atoms with Crippen LogP contribution in [0.2, 0.25) is 0 Å². The smallest absolute Gasteiger partial charge is 0.0594 e.